The lowest BCUT2D eigenvalue weighted by Gasteiger charge is -2.15. The van der Waals surface area contributed by atoms with E-state index in [1.165, 1.54) is 12.8 Å². The van der Waals surface area contributed by atoms with Gasteiger partial charge in [0.15, 0.2) is 0 Å². The van der Waals surface area contributed by atoms with Crippen LogP contribution >= 0.6 is 0 Å². The van der Waals surface area contributed by atoms with Crippen LogP contribution in [0.4, 0.5) is 0 Å². The number of rotatable bonds is 6. The second kappa shape index (κ2) is 8.48. The number of hydrogen-bond acceptors (Lipinski definition) is 3. The van der Waals surface area contributed by atoms with Crippen LogP contribution in [0.25, 0.3) is 0 Å². The first-order valence-corrected chi connectivity index (χ1v) is 6.86. The molecule has 2 atom stereocenters. The number of aliphatic hydroxyl groups excluding tert-OH is 1. The van der Waals surface area contributed by atoms with Gasteiger partial charge in [0.1, 0.15) is 0 Å². The van der Waals surface area contributed by atoms with Crippen molar-refractivity contribution < 1.29 is 9.90 Å². The molecule has 3 N–H and O–H groups in total. The van der Waals surface area contributed by atoms with Gasteiger partial charge < -0.3 is 15.7 Å². The lowest BCUT2D eigenvalue weighted by molar-refractivity contribution is -0.123. The zero-order valence-electron chi connectivity index (χ0n) is 10.9. The fourth-order valence-electron chi connectivity index (χ4n) is 2.13. The van der Waals surface area contributed by atoms with Crippen LogP contribution in [0.15, 0.2) is 0 Å². The number of aliphatic hydroxyl groups is 1. The maximum absolute atomic E-state index is 11.8. The monoisotopic (exact) mass is 242 g/mol. The van der Waals surface area contributed by atoms with Gasteiger partial charge in [-0.25, -0.2) is 0 Å². The molecule has 0 aromatic rings. The quantitative estimate of drug-likeness (QED) is 0.610. The molecule has 0 aliphatic carbocycles. The van der Waals surface area contributed by atoms with Crippen molar-refractivity contribution in [2.45, 2.75) is 51.5 Å². The van der Waals surface area contributed by atoms with Crippen LogP contribution in [0.3, 0.4) is 0 Å². The first kappa shape index (κ1) is 14.5. The Morgan fingerprint density at radius 3 is 3.06 bits per heavy atom. The van der Waals surface area contributed by atoms with E-state index >= 15 is 0 Å². The van der Waals surface area contributed by atoms with Crippen molar-refractivity contribution in [3.63, 3.8) is 0 Å². The lowest BCUT2D eigenvalue weighted by atomic mass is 10.1. The van der Waals surface area contributed by atoms with Gasteiger partial charge >= 0.3 is 0 Å². The predicted octanol–water partition coefficient (Wildman–Crippen LogP) is 1.04. The van der Waals surface area contributed by atoms with E-state index in [-0.39, 0.29) is 18.6 Å². The van der Waals surface area contributed by atoms with E-state index in [4.69, 9.17) is 5.11 Å². The number of carbonyl (C=O) groups is 1. The van der Waals surface area contributed by atoms with E-state index < -0.39 is 0 Å². The molecule has 0 spiro atoms. The molecule has 1 rings (SSSR count). The molecule has 0 saturated carbocycles. The van der Waals surface area contributed by atoms with Crippen molar-refractivity contribution in [2.75, 3.05) is 19.7 Å². The maximum Gasteiger partial charge on any atom is 0.237 e. The molecule has 1 saturated heterocycles. The summed E-state index contributed by atoms with van der Waals surface area (Å²) in [6.45, 7) is 3.94. The molecular formula is C13H26N2O2. The van der Waals surface area contributed by atoms with Crippen molar-refractivity contribution in [1.82, 2.24) is 10.6 Å². The van der Waals surface area contributed by atoms with E-state index in [0.29, 0.717) is 5.92 Å². The van der Waals surface area contributed by atoms with Gasteiger partial charge in [-0.15, -0.1) is 0 Å². The van der Waals surface area contributed by atoms with Gasteiger partial charge in [-0.2, -0.15) is 0 Å². The van der Waals surface area contributed by atoms with Gasteiger partial charge in [-0.05, 0) is 38.1 Å². The summed E-state index contributed by atoms with van der Waals surface area (Å²) in [6.07, 6.45) is 6.42. The van der Waals surface area contributed by atoms with Gasteiger partial charge in [0.25, 0.3) is 0 Å². The highest BCUT2D eigenvalue weighted by atomic mass is 16.3. The van der Waals surface area contributed by atoms with E-state index in [0.717, 1.165) is 38.8 Å². The Hall–Kier alpha value is -0.610. The topological polar surface area (TPSA) is 61.4 Å². The number of nitrogens with one attached hydrogen (secondary N) is 2. The summed E-state index contributed by atoms with van der Waals surface area (Å²) in [5, 5.41) is 15.1. The summed E-state index contributed by atoms with van der Waals surface area (Å²) >= 11 is 0. The molecule has 1 aliphatic heterocycles. The van der Waals surface area contributed by atoms with E-state index in [9.17, 15) is 4.79 Å². The number of amides is 1. The third kappa shape index (κ3) is 6.03. The van der Waals surface area contributed by atoms with Gasteiger partial charge in [-0.3, -0.25) is 4.79 Å². The molecule has 0 radical (unpaired) electrons. The maximum atomic E-state index is 11.8. The molecule has 1 amide bonds. The average Bonchev–Trinajstić information content (AvgIpc) is 2.62. The largest absolute Gasteiger partial charge is 0.396 e. The molecule has 100 valence electrons. The number of hydrogen-bond donors (Lipinski definition) is 3. The Morgan fingerprint density at radius 2 is 2.29 bits per heavy atom. The summed E-state index contributed by atoms with van der Waals surface area (Å²) in [5.41, 5.74) is 0. The van der Waals surface area contributed by atoms with Crippen LogP contribution in [-0.2, 0) is 4.79 Å². The number of carbonyl (C=O) groups excluding carboxylic acids is 1. The van der Waals surface area contributed by atoms with Crippen LogP contribution in [0.5, 0.6) is 0 Å². The molecule has 1 fully saturated rings. The highest BCUT2D eigenvalue weighted by Crippen LogP contribution is 2.08. The van der Waals surface area contributed by atoms with Crippen LogP contribution in [-0.4, -0.2) is 36.8 Å². The second-order valence-electron chi connectivity index (χ2n) is 5.08. The van der Waals surface area contributed by atoms with Crippen molar-refractivity contribution in [3.05, 3.63) is 0 Å². The minimum atomic E-state index is 0.00719. The van der Waals surface area contributed by atoms with Crippen molar-refractivity contribution >= 4 is 5.91 Å². The van der Waals surface area contributed by atoms with Gasteiger partial charge in [-0.1, -0.05) is 19.8 Å². The lowest BCUT2D eigenvalue weighted by Crippen LogP contribution is -2.44. The molecule has 1 heterocycles. The highest BCUT2D eigenvalue weighted by molar-refractivity contribution is 5.81. The summed E-state index contributed by atoms with van der Waals surface area (Å²) < 4.78 is 0. The first-order valence-electron chi connectivity index (χ1n) is 6.86. The average molecular weight is 242 g/mol. The molecular weight excluding hydrogens is 216 g/mol. The van der Waals surface area contributed by atoms with Crippen molar-refractivity contribution in [3.8, 4) is 0 Å². The van der Waals surface area contributed by atoms with E-state index in [1.807, 2.05) is 6.92 Å². The smallest absolute Gasteiger partial charge is 0.237 e. The van der Waals surface area contributed by atoms with Crippen LogP contribution in [0.2, 0.25) is 0 Å². The van der Waals surface area contributed by atoms with Crippen LogP contribution < -0.4 is 10.6 Å². The fourth-order valence-corrected chi connectivity index (χ4v) is 2.13. The molecule has 4 heteroatoms. The summed E-state index contributed by atoms with van der Waals surface area (Å²) in [5.74, 6) is 0.478. The Kier molecular flexibility index (Phi) is 7.21. The summed E-state index contributed by atoms with van der Waals surface area (Å²) in [7, 11) is 0. The van der Waals surface area contributed by atoms with Crippen LogP contribution in [0, 0.1) is 5.92 Å². The minimum Gasteiger partial charge on any atom is -0.396 e. The molecule has 4 nitrogen and oxygen atoms in total. The summed E-state index contributed by atoms with van der Waals surface area (Å²) in [4.78, 5) is 11.8. The Labute approximate surface area is 104 Å². The first-order chi connectivity index (χ1) is 8.24. The standard InChI is InChI=1S/C13H26N2O2/c1-11(10-16)6-5-9-15-13(17)12-7-3-2-4-8-14-12/h11-12,14,16H,2-10H2,1H3,(H,15,17). The Balaban J connectivity index is 2.11. The van der Waals surface area contributed by atoms with Gasteiger partial charge in [0.05, 0.1) is 6.04 Å². The fraction of sp³-hybridized carbons (Fsp3) is 0.923. The molecule has 17 heavy (non-hydrogen) atoms. The SMILES string of the molecule is CC(CO)CCCNC(=O)C1CCCCCN1. The van der Waals surface area contributed by atoms with Crippen molar-refractivity contribution in [1.29, 1.82) is 0 Å². The third-order valence-electron chi connectivity index (χ3n) is 3.36. The van der Waals surface area contributed by atoms with Gasteiger partial charge in [0.2, 0.25) is 5.91 Å². The zero-order valence-corrected chi connectivity index (χ0v) is 10.9. The molecule has 2 unspecified atom stereocenters. The Bertz CT molecular complexity index is 213. The van der Waals surface area contributed by atoms with E-state index in [2.05, 4.69) is 10.6 Å². The van der Waals surface area contributed by atoms with Gasteiger partial charge in [0, 0.05) is 13.2 Å². The van der Waals surface area contributed by atoms with Crippen molar-refractivity contribution in [2.24, 2.45) is 5.92 Å². The third-order valence-corrected chi connectivity index (χ3v) is 3.36. The molecule has 0 bridgehead atoms. The second-order valence-corrected chi connectivity index (χ2v) is 5.08. The summed E-state index contributed by atoms with van der Waals surface area (Å²) in [6, 6.07) is 0.00719. The highest BCUT2D eigenvalue weighted by Gasteiger charge is 2.18. The normalized spacial score (nSPS) is 22.8. The zero-order chi connectivity index (χ0) is 12.5. The van der Waals surface area contributed by atoms with Crippen LogP contribution in [0.1, 0.15) is 45.4 Å². The minimum absolute atomic E-state index is 0.00719. The molecule has 0 aromatic heterocycles. The molecule has 0 aromatic carbocycles. The van der Waals surface area contributed by atoms with E-state index in [1.54, 1.807) is 0 Å². The predicted molar refractivity (Wildman–Crippen MR) is 68.8 cm³/mol. The molecule has 1 aliphatic rings. The Morgan fingerprint density at radius 1 is 1.47 bits per heavy atom.